The smallest absolute Gasteiger partial charge is 0.269 e. The summed E-state index contributed by atoms with van der Waals surface area (Å²) in [5, 5.41) is 13.4. The van der Waals surface area contributed by atoms with E-state index in [1.165, 1.54) is 23.8 Å². The Hall–Kier alpha value is -5.42. The van der Waals surface area contributed by atoms with Gasteiger partial charge in [-0.05, 0) is 80.8 Å². The summed E-state index contributed by atoms with van der Waals surface area (Å²) in [4.78, 5) is 36.6. The zero-order valence-corrected chi connectivity index (χ0v) is 29.9. The summed E-state index contributed by atoms with van der Waals surface area (Å²) >= 11 is 0. The fraction of sp³-hybridized carbons (Fsp3) is 0.333. The van der Waals surface area contributed by atoms with Gasteiger partial charge < -0.3 is 24.3 Å². The average molecular weight is 688 g/mol. The topological polar surface area (TPSA) is 129 Å². The number of hydrogen-bond donors (Lipinski definition) is 1. The molecular weight excluding hydrogens is 638 g/mol. The number of nitro benzene ring substituents is 1. The van der Waals surface area contributed by atoms with Crippen molar-refractivity contribution < 1.29 is 34.9 Å². The van der Waals surface area contributed by atoms with Gasteiger partial charge in [-0.25, -0.2) is 0 Å². The second-order valence-corrected chi connectivity index (χ2v) is 11.3. The monoisotopic (exact) mass is 687 g/mol. The number of aryl methyl sites for hydroxylation is 1. The lowest BCUT2D eigenvalue weighted by Crippen LogP contribution is -2.38. The third-order valence-electron chi connectivity index (χ3n) is 8.00. The van der Waals surface area contributed by atoms with Crippen LogP contribution in [0.3, 0.4) is 0 Å². The van der Waals surface area contributed by atoms with E-state index in [9.17, 15) is 19.7 Å². The first-order valence-electron chi connectivity index (χ1n) is 16.5. The molecule has 0 bridgehead atoms. The van der Waals surface area contributed by atoms with Gasteiger partial charge in [-0.1, -0.05) is 32.0 Å². The van der Waals surface area contributed by atoms with Crippen molar-refractivity contribution >= 4 is 23.1 Å². The normalized spacial score (nSPS) is 12.6. The first-order chi connectivity index (χ1) is 24.1. The van der Waals surface area contributed by atoms with Gasteiger partial charge in [-0.15, -0.1) is 0 Å². The molecule has 268 valence electrons. The largest absolute Gasteiger partial charge is 0.497 e. The van der Waals surface area contributed by atoms with E-state index >= 15 is 0 Å². The van der Waals surface area contributed by atoms with E-state index in [1.54, 1.807) is 77.6 Å². The number of Topliss-reactive ketones (excluding diaryl/α,β-unsaturated/α-hetero) is 1. The van der Waals surface area contributed by atoms with E-state index in [0.717, 1.165) is 38.2 Å². The number of likely N-dealkylation sites (tertiary alicyclic amines) is 1. The Morgan fingerprint density at radius 1 is 0.840 bits per heavy atom. The number of rotatable bonds is 11. The molecule has 11 nitrogen and oxygen atoms in total. The molecule has 0 unspecified atom stereocenters. The maximum absolute atomic E-state index is 12.2. The number of carbonyl (C=O) groups excluding carboxylic acids is 2. The highest BCUT2D eigenvalue weighted by Gasteiger charge is 2.23. The molecule has 1 amide bonds. The van der Waals surface area contributed by atoms with Crippen molar-refractivity contribution in [1.82, 2.24) is 4.90 Å². The van der Waals surface area contributed by atoms with Gasteiger partial charge >= 0.3 is 0 Å². The molecule has 0 aliphatic carbocycles. The molecule has 0 aromatic heterocycles. The summed E-state index contributed by atoms with van der Waals surface area (Å²) in [6.07, 6.45) is 1.94. The van der Waals surface area contributed by atoms with Crippen molar-refractivity contribution in [2.75, 3.05) is 39.7 Å². The molecule has 0 spiro atoms. The number of methoxy groups -OCH3 is 3. The molecule has 0 saturated carbocycles. The van der Waals surface area contributed by atoms with Gasteiger partial charge in [0.2, 0.25) is 0 Å². The van der Waals surface area contributed by atoms with Crippen molar-refractivity contribution in [3.63, 3.8) is 0 Å². The second kappa shape index (κ2) is 19.5. The Labute approximate surface area is 295 Å². The molecule has 0 atom stereocenters. The first-order valence-corrected chi connectivity index (χ1v) is 16.5. The third-order valence-corrected chi connectivity index (χ3v) is 8.00. The Morgan fingerprint density at radius 3 is 2.04 bits per heavy atom. The van der Waals surface area contributed by atoms with Crippen molar-refractivity contribution in [2.45, 2.75) is 53.2 Å². The second-order valence-electron chi connectivity index (χ2n) is 11.3. The van der Waals surface area contributed by atoms with Crippen LogP contribution in [0.1, 0.15) is 66.9 Å². The number of piperidine rings is 1. The quantitative estimate of drug-likeness (QED) is 0.0939. The van der Waals surface area contributed by atoms with Gasteiger partial charge in [0.05, 0.1) is 31.8 Å². The Bertz CT molecular complexity index is 1720. The van der Waals surface area contributed by atoms with E-state index in [4.69, 9.17) is 18.9 Å². The summed E-state index contributed by atoms with van der Waals surface area (Å²) < 4.78 is 21.9. The minimum atomic E-state index is -0.488. The van der Waals surface area contributed by atoms with Crippen LogP contribution in [0.5, 0.6) is 23.0 Å². The predicted octanol–water partition coefficient (Wildman–Crippen LogP) is 8.39. The van der Waals surface area contributed by atoms with Crippen molar-refractivity contribution in [3.8, 4) is 23.0 Å². The number of benzene rings is 4. The molecule has 4 aromatic rings. The zero-order valence-electron chi connectivity index (χ0n) is 29.9. The fourth-order valence-electron chi connectivity index (χ4n) is 5.35. The van der Waals surface area contributed by atoms with Crippen LogP contribution in [0.25, 0.3) is 0 Å². The zero-order chi connectivity index (χ0) is 36.6. The fourth-order valence-corrected chi connectivity index (χ4v) is 5.35. The minimum absolute atomic E-state index is 0. The van der Waals surface area contributed by atoms with Crippen molar-refractivity contribution in [2.24, 2.45) is 0 Å². The standard InChI is InChI=1S/C22H27NO4.C15H14N2O4.C2H6.H2/c1-16(24)20-9-8-19(25-2)14-22(20)27-18-10-12-23(13-11-18)15-17-6-4-5-7-21(17)26-3;1-10-9-12(17(19)20)5-8-14(10)15(18)16-11-3-6-13(21-2)7-4-11;1-2;/h4-9,14,18H,10-13,15H2,1-3H3;3-9H,1-2H3,(H,16,18);1-2H3;1H. The van der Waals surface area contributed by atoms with Crippen molar-refractivity contribution in [3.05, 3.63) is 117 Å². The van der Waals surface area contributed by atoms with E-state index in [-0.39, 0.29) is 24.9 Å². The SMILES string of the molecule is CC.COc1ccc(C(C)=O)c(OC2CCN(Cc3ccccc3OC)CC2)c1.COc1ccc(NC(=O)c2ccc([N+](=O)[O-])cc2C)cc1.[HH]. The van der Waals surface area contributed by atoms with Crippen LogP contribution in [0.4, 0.5) is 11.4 Å². The summed E-state index contributed by atoms with van der Waals surface area (Å²) in [5.74, 6) is 2.63. The minimum Gasteiger partial charge on any atom is -0.497 e. The molecule has 0 radical (unpaired) electrons. The Balaban J connectivity index is 0.000000340. The number of hydrogen-bond acceptors (Lipinski definition) is 9. The lowest BCUT2D eigenvalue weighted by molar-refractivity contribution is -0.384. The predicted molar refractivity (Wildman–Crippen MR) is 197 cm³/mol. The summed E-state index contributed by atoms with van der Waals surface area (Å²) in [7, 11) is 4.89. The van der Waals surface area contributed by atoms with E-state index in [0.29, 0.717) is 39.6 Å². The molecule has 1 N–H and O–H groups in total. The summed E-state index contributed by atoms with van der Waals surface area (Å²) in [6, 6.07) is 24.6. The molecule has 11 heteroatoms. The van der Waals surface area contributed by atoms with Crippen LogP contribution in [0.15, 0.2) is 84.9 Å². The van der Waals surface area contributed by atoms with E-state index in [1.807, 2.05) is 32.0 Å². The van der Waals surface area contributed by atoms with Crippen LogP contribution in [0, 0.1) is 17.0 Å². The number of ketones is 1. The van der Waals surface area contributed by atoms with Gasteiger partial charge in [0, 0.05) is 56.1 Å². The van der Waals surface area contributed by atoms with Gasteiger partial charge in [-0.3, -0.25) is 24.6 Å². The van der Waals surface area contributed by atoms with E-state index in [2.05, 4.69) is 16.3 Å². The van der Waals surface area contributed by atoms with Gasteiger partial charge in [0.1, 0.15) is 29.1 Å². The molecule has 1 saturated heterocycles. The molecule has 5 rings (SSSR count). The summed E-state index contributed by atoms with van der Waals surface area (Å²) in [6.45, 7) is 9.99. The number of nitrogens with one attached hydrogen (secondary N) is 1. The summed E-state index contributed by atoms with van der Waals surface area (Å²) in [5.41, 5.74) is 3.34. The lowest BCUT2D eigenvalue weighted by atomic mass is 10.1. The number of nitrogens with zero attached hydrogens (tertiary/aromatic N) is 2. The van der Waals surface area contributed by atoms with Gasteiger partial charge in [0.15, 0.2) is 5.78 Å². The van der Waals surface area contributed by atoms with Gasteiger partial charge in [0.25, 0.3) is 11.6 Å². The maximum Gasteiger partial charge on any atom is 0.269 e. The average Bonchev–Trinajstić information content (AvgIpc) is 3.13. The highest BCUT2D eigenvalue weighted by atomic mass is 16.6. The number of non-ortho nitro benzene ring substituents is 1. The molecule has 4 aromatic carbocycles. The number of para-hydroxylation sites is 1. The van der Waals surface area contributed by atoms with Crippen molar-refractivity contribution in [1.29, 1.82) is 0 Å². The molecule has 1 aliphatic heterocycles. The highest BCUT2D eigenvalue weighted by molar-refractivity contribution is 6.05. The third kappa shape index (κ3) is 11.1. The van der Waals surface area contributed by atoms with E-state index < -0.39 is 4.92 Å². The van der Waals surface area contributed by atoms with Crippen LogP contribution in [-0.4, -0.2) is 62.0 Å². The highest BCUT2D eigenvalue weighted by Crippen LogP contribution is 2.29. The number of nitro groups is 1. The number of amides is 1. The molecule has 50 heavy (non-hydrogen) atoms. The van der Waals surface area contributed by atoms with Crippen LogP contribution in [0.2, 0.25) is 0 Å². The first kappa shape index (κ1) is 39.0. The van der Waals surface area contributed by atoms with Crippen LogP contribution < -0.4 is 24.3 Å². The molecular formula is C39H49N3O8. The number of anilines is 1. The van der Waals surface area contributed by atoms with Gasteiger partial charge in [-0.2, -0.15) is 0 Å². The molecule has 1 fully saturated rings. The van der Waals surface area contributed by atoms with Crippen LogP contribution >= 0.6 is 0 Å². The maximum atomic E-state index is 12.2. The lowest BCUT2D eigenvalue weighted by Gasteiger charge is -2.32. The number of carbonyl (C=O) groups is 2. The Morgan fingerprint density at radius 2 is 1.46 bits per heavy atom. The van der Waals surface area contributed by atoms with Crippen LogP contribution in [-0.2, 0) is 6.54 Å². The molecule has 1 aliphatic rings. The molecule has 1 heterocycles. The Kier molecular flexibility index (Phi) is 15.3. The number of ether oxygens (including phenoxy) is 4.